The fourth-order valence-corrected chi connectivity index (χ4v) is 3.63. The number of pyridine rings is 1. The molecule has 2 aromatic rings. The third-order valence-corrected chi connectivity index (χ3v) is 5.57. The topological polar surface area (TPSA) is 81.2 Å². The van der Waals surface area contributed by atoms with Gasteiger partial charge < -0.3 is 0 Å². The van der Waals surface area contributed by atoms with Crippen molar-refractivity contribution in [3.8, 4) is 0 Å². The van der Waals surface area contributed by atoms with Crippen LogP contribution in [-0.2, 0) is 14.6 Å². The van der Waals surface area contributed by atoms with E-state index in [1.807, 2.05) is 0 Å². The molecule has 0 spiro atoms. The number of nitrogens with zero attached hydrogens (tertiary/aromatic N) is 1. The number of sulfone groups is 1. The minimum absolute atomic E-state index is 0.0115. The molecule has 1 fully saturated rings. The molecule has 0 aliphatic heterocycles. The van der Waals surface area contributed by atoms with Crippen molar-refractivity contribution in [3.05, 3.63) is 58.9 Å². The van der Waals surface area contributed by atoms with E-state index in [2.05, 4.69) is 4.98 Å². The minimum Gasteiger partial charge on any atom is -0.298 e. The fourth-order valence-electron chi connectivity index (χ4n) is 2.64. The standard InChI is InChI=1S/C18H16ClNO4S/c1-25(23,24)12-7-8-13(14(19)10-12)18(22)16(17(21)11-5-6-11)15-4-2-3-9-20-15/h2-4,7-11,16H,5-6H2,1H3. The summed E-state index contributed by atoms with van der Waals surface area (Å²) in [6, 6.07) is 8.99. The average Bonchev–Trinajstić information content (AvgIpc) is 3.40. The van der Waals surface area contributed by atoms with Crippen LogP contribution in [-0.4, -0.2) is 31.2 Å². The zero-order valence-electron chi connectivity index (χ0n) is 13.5. The summed E-state index contributed by atoms with van der Waals surface area (Å²) < 4.78 is 23.2. The summed E-state index contributed by atoms with van der Waals surface area (Å²) in [6.07, 6.45) is 4.14. The molecule has 1 saturated carbocycles. The van der Waals surface area contributed by atoms with E-state index in [1.165, 1.54) is 24.4 Å². The van der Waals surface area contributed by atoms with Crippen LogP contribution in [0.5, 0.6) is 0 Å². The number of benzene rings is 1. The van der Waals surface area contributed by atoms with Gasteiger partial charge in [-0.15, -0.1) is 0 Å². The normalized spacial score (nSPS) is 15.6. The Morgan fingerprint density at radius 1 is 1.20 bits per heavy atom. The number of ketones is 2. The molecule has 7 heteroatoms. The van der Waals surface area contributed by atoms with E-state index in [0.717, 1.165) is 19.1 Å². The number of aromatic nitrogens is 1. The molecule has 1 aromatic heterocycles. The van der Waals surface area contributed by atoms with Gasteiger partial charge in [0.2, 0.25) is 0 Å². The summed E-state index contributed by atoms with van der Waals surface area (Å²) >= 11 is 6.14. The molecule has 1 unspecified atom stereocenters. The molecule has 130 valence electrons. The van der Waals surface area contributed by atoms with Gasteiger partial charge >= 0.3 is 0 Å². The van der Waals surface area contributed by atoms with Crippen LogP contribution in [0.25, 0.3) is 0 Å². The van der Waals surface area contributed by atoms with E-state index in [0.29, 0.717) is 5.69 Å². The van der Waals surface area contributed by atoms with Crippen LogP contribution in [0.2, 0.25) is 5.02 Å². The molecule has 0 amide bonds. The number of Topliss-reactive ketones (excluding diaryl/α,β-unsaturated/α-hetero) is 2. The first-order valence-corrected chi connectivity index (χ1v) is 10.0. The highest BCUT2D eigenvalue weighted by Gasteiger charge is 2.40. The van der Waals surface area contributed by atoms with Crippen molar-refractivity contribution < 1.29 is 18.0 Å². The van der Waals surface area contributed by atoms with Crippen LogP contribution in [0.4, 0.5) is 0 Å². The smallest absolute Gasteiger partial charge is 0.180 e. The van der Waals surface area contributed by atoms with Crippen LogP contribution in [0.1, 0.15) is 34.8 Å². The first kappa shape index (κ1) is 17.8. The summed E-state index contributed by atoms with van der Waals surface area (Å²) in [5, 5.41) is 0.0115. The lowest BCUT2D eigenvalue weighted by Crippen LogP contribution is -2.25. The summed E-state index contributed by atoms with van der Waals surface area (Å²) in [6.45, 7) is 0. The van der Waals surface area contributed by atoms with E-state index in [9.17, 15) is 18.0 Å². The number of rotatable bonds is 6. The second kappa shape index (κ2) is 6.69. The van der Waals surface area contributed by atoms with E-state index < -0.39 is 21.5 Å². The summed E-state index contributed by atoms with van der Waals surface area (Å²) in [5.41, 5.74) is 0.506. The molecular formula is C18H16ClNO4S. The van der Waals surface area contributed by atoms with E-state index >= 15 is 0 Å². The Balaban J connectivity index is 2.02. The average molecular weight is 378 g/mol. The van der Waals surface area contributed by atoms with Crippen LogP contribution >= 0.6 is 11.6 Å². The van der Waals surface area contributed by atoms with Gasteiger partial charge in [0, 0.05) is 23.9 Å². The quantitative estimate of drug-likeness (QED) is 0.570. The van der Waals surface area contributed by atoms with Gasteiger partial charge in [0.05, 0.1) is 15.6 Å². The second-order valence-corrected chi connectivity index (χ2v) is 8.57. The Morgan fingerprint density at radius 2 is 1.92 bits per heavy atom. The van der Waals surface area contributed by atoms with Crippen LogP contribution in [0.15, 0.2) is 47.5 Å². The molecule has 25 heavy (non-hydrogen) atoms. The van der Waals surface area contributed by atoms with Crippen molar-refractivity contribution in [3.63, 3.8) is 0 Å². The lowest BCUT2D eigenvalue weighted by atomic mass is 9.88. The number of carbonyl (C=O) groups is 2. The Morgan fingerprint density at radius 3 is 2.44 bits per heavy atom. The highest BCUT2D eigenvalue weighted by Crippen LogP contribution is 2.37. The van der Waals surface area contributed by atoms with Crippen LogP contribution in [0, 0.1) is 5.92 Å². The van der Waals surface area contributed by atoms with Gasteiger partial charge in [-0.1, -0.05) is 17.7 Å². The molecule has 1 atom stereocenters. The monoisotopic (exact) mass is 377 g/mol. The lowest BCUT2D eigenvalue weighted by Gasteiger charge is -2.15. The van der Waals surface area contributed by atoms with Crippen molar-refractivity contribution in [1.82, 2.24) is 4.98 Å². The molecule has 0 bridgehead atoms. The summed E-state index contributed by atoms with van der Waals surface area (Å²) in [4.78, 5) is 29.9. The van der Waals surface area contributed by atoms with E-state index in [-0.39, 0.29) is 27.2 Å². The van der Waals surface area contributed by atoms with Gasteiger partial charge in [-0.3, -0.25) is 14.6 Å². The summed E-state index contributed by atoms with van der Waals surface area (Å²) in [7, 11) is -3.43. The van der Waals surface area contributed by atoms with Crippen LogP contribution < -0.4 is 0 Å². The maximum atomic E-state index is 13.0. The van der Waals surface area contributed by atoms with E-state index in [1.54, 1.807) is 18.2 Å². The zero-order valence-corrected chi connectivity index (χ0v) is 15.0. The van der Waals surface area contributed by atoms with E-state index in [4.69, 9.17) is 11.6 Å². The lowest BCUT2D eigenvalue weighted by molar-refractivity contribution is -0.120. The fraction of sp³-hybridized carbons (Fsp3) is 0.278. The molecule has 1 aromatic carbocycles. The van der Waals surface area contributed by atoms with Gasteiger partial charge in [-0.05, 0) is 43.2 Å². The molecule has 5 nitrogen and oxygen atoms in total. The predicted molar refractivity (Wildman–Crippen MR) is 93.6 cm³/mol. The van der Waals surface area contributed by atoms with Crippen molar-refractivity contribution in [2.75, 3.05) is 6.26 Å². The zero-order chi connectivity index (χ0) is 18.2. The van der Waals surface area contributed by atoms with Gasteiger partial charge in [-0.2, -0.15) is 0 Å². The van der Waals surface area contributed by atoms with Crippen LogP contribution in [0.3, 0.4) is 0 Å². The Kier molecular flexibility index (Phi) is 4.75. The van der Waals surface area contributed by atoms with Gasteiger partial charge in [0.25, 0.3) is 0 Å². The Bertz CT molecular complexity index is 937. The maximum Gasteiger partial charge on any atom is 0.180 e. The molecule has 3 rings (SSSR count). The molecule has 0 N–H and O–H groups in total. The molecule has 1 aliphatic carbocycles. The van der Waals surface area contributed by atoms with Crippen molar-refractivity contribution in [1.29, 1.82) is 0 Å². The number of halogens is 1. The molecule has 1 aliphatic rings. The first-order chi connectivity index (χ1) is 11.8. The Labute approximate surface area is 151 Å². The largest absolute Gasteiger partial charge is 0.298 e. The molecular weight excluding hydrogens is 362 g/mol. The SMILES string of the molecule is CS(=O)(=O)c1ccc(C(=O)C(C(=O)C2CC2)c2ccccn2)c(Cl)c1. The maximum absolute atomic E-state index is 13.0. The predicted octanol–water partition coefficient (Wildman–Crippen LogP) is 3.08. The number of carbonyl (C=O) groups excluding carboxylic acids is 2. The first-order valence-electron chi connectivity index (χ1n) is 7.77. The summed E-state index contributed by atoms with van der Waals surface area (Å²) in [5.74, 6) is -1.76. The van der Waals surface area contributed by atoms with Gasteiger partial charge in [-0.25, -0.2) is 8.42 Å². The highest BCUT2D eigenvalue weighted by atomic mass is 35.5. The van der Waals surface area contributed by atoms with Crippen molar-refractivity contribution in [2.45, 2.75) is 23.7 Å². The minimum atomic E-state index is -3.43. The number of hydrogen-bond acceptors (Lipinski definition) is 5. The molecule has 1 heterocycles. The van der Waals surface area contributed by atoms with Crippen molar-refractivity contribution in [2.24, 2.45) is 5.92 Å². The third kappa shape index (κ3) is 3.80. The molecule has 0 saturated heterocycles. The molecule has 0 radical (unpaired) electrons. The number of hydrogen-bond donors (Lipinski definition) is 0. The van der Waals surface area contributed by atoms with Gasteiger partial charge in [0.15, 0.2) is 21.4 Å². The third-order valence-electron chi connectivity index (χ3n) is 4.14. The second-order valence-electron chi connectivity index (χ2n) is 6.14. The van der Waals surface area contributed by atoms with Crippen molar-refractivity contribution >= 4 is 33.0 Å². The Hall–Kier alpha value is -2.05. The van der Waals surface area contributed by atoms with Gasteiger partial charge in [0.1, 0.15) is 5.92 Å². The highest BCUT2D eigenvalue weighted by molar-refractivity contribution is 7.90.